The van der Waals surface area contributed by atoms with Gasteiger partial charge in [0.25, 0.3) is 5.56 Å². The number of esters is 1. The summed E-state index contributed by atoms with van der Waals surface area (Å²) in [6.07, 6.45) is 2.98. The van der Waals surface area contributed by atoms with Gasteiger partial charge in [0.1, 0.15) is 23.6 Å². The van der Waals surface area contributed by atoms with E-state index in [1.165, 1.54) is 10.6 Å². The van der Waals surface area contributed by atoms with E-state index in [0.717, 1.165) is 16.9 Å². The van der Waals surface area contributed by atoms with E-state index in [1.54, 1.807) is 25.0 Å². The molecule has 2 aromatic rings. The summed E-state index contributed by atoms with van der Waals surface area (Å²) in [5.74, 6) is -0.0888. The van der Waals surface area contributed by atoms with Crippen LogP contribution in [0.15, 0.2) is 29.1 Å². The van der Waals surface area contributed by atoms with Gasteiger partial charge in [0, 0.05) is 20.2 Å². The van der Waals surface area contributed by atoms with Crippen molar-refractivity contribution in [2.24, 2.45) is 0 Å². The molecule has 0 saturated carbocycles. The molecule has 1 aromatic heterocycles. The lowest BCUT2D eigenvalue weighted by molar-refractivity contribution is -0.135. The molecule has 0 saturated heterocycles. The van der Waals surface area contributed by atoms with Gasteiger partial charge in [0.05, 0.1) is 23.8 Å². The highest BCUT2D eigenvalue weighted by Gasteiger charge is 2.15. The predicted octanol–water partition coefficient (Wildman–Crippen LogP) is 0.976. The number of amides is 1. The van der Waals surface area contributed by atoms with Gasteiger partial charge < -0.3 is 19.1 Å². The molecular weight excluding hydrogens is 432 g/mol. The minimum Gasteiger partial charge on any atom is -0.491 e. The Morgan fingerprint density at radius 2 is 1.91 bits per heavy atom. The summed E-state index contributed by atoms with van der Waals surface area (Å²) in [5.41, 5.74) is 0.430. The van der Waals surface area contributed by atoms with Gasteiger partial charge in [-0.1, -0.05) is 12.1 Å². The Morgan fingerprint density at radius 3 is 2.56 bits per heavy atom. The fraction of sp³-hybridized carbons (Fsp3) is 0.435. The fourth-order valence-corrected chi connectivity index (χ4v) is 4.01. The van der Waals surface area contributed by atoms with Gasteiger partial charge in [0.2, 0.25) is 5.91 Å². The van der Waals surface area contributed by atoms with Crippen molar-refractivity contribution in [3.8, 4) is 5.75 Å². The summed E-state index contributed by atoms with van der Waals surface area (Å²) >= 11 is 1.14. The van der Waals surface area contributed by atoms with Gasteiger partial charge in [-0.2, -0.15) is 0 Å². The van der Waals surface area contributed by atoms with Crippen molar-refractivity contribution in [1.29, 1.82) is 0 Å². The van der Waals surface area contributed by atoms with Crippen LogP contribution in [0.4, 0.5) is 0 Å². The molecule has 0 unspecified atom stereocenters. The number of ether oxygens (including phenoxy) is 3. The molecule has 2 rings (SSSR count). The molecule has 1 aromatic carbocycles. The first kappa shape index (κ1) is 25.4. The Hall–Kier alpha value is -2.91. The number of thiazole rings is 1. The number of likely N-dealkylation sites (N-methyl/N-ethyl adjacent to an activating group) is 1. The molecule has 0 fully saturated rings. The van der Waals surface area contributed by atoms with Gasteiger partial charge in [-0.05, 0) is 44.5 Å². The second-order valence-corrected chi connectivity index (χ2v) is 7.78. The summed E-state index contributed by atoms with van der Waals surface area (Å²) < 4.78 is 17.7. The number of hydrogen-bond donors (Lipinski definition) is 0. The third-order valence-corrected chi connectivity index (χ3v) is 5.65. The molecule has 0 bridgehead atoms. The molecule has 174 valence electrons. The lowest BCUT2D eigenvalue weighted by Gasteiger charge is -2.18. The summed E-state index contributed by atoms with van der Waals surface area (Å²) in [7, 11) is 1.60. The standard InChI is InChI=1S/C23H30N2O6S/c1-5-24(6-2)20(26)16-25-21(15-22(27)30-7-3)32-19(23(25)28)14-17-9-8-10-18(13-17)31-12-11-29-4/h8-10,13-15H,5-7,11-12,16H2,1-4H3/b19-14+,21-15+. The lowest BCUT2D eigenvalue weighted by atomic mass is 10.2. The molecule has 0 N–H and O–H groups in total. The normalized spacial score (nSPS) is 12.1. The number of aromatic nitrogens is 1. The van der Waals surface area contributed by atoms with Crippen LogP contribution in [-0.2, 0) is 25.6 Å². The zero-order chi connectivity index (χ0) is 23.5. The lowest BCUT2D eigenvalue weighted by Crippen LogP contribution is -2.40. The van der Waals surface area contributed by atoms with E-state index < -0.39 is 5.97 Å². The van der Waals surface area contributed by atoms with E-state index in [1.807, 2.05) is 38.1 Å². The number of methoxy groups -OCH3 is 1. The Labute approximate surface area is 191 Å². The summed E-state index contributed by atoms with van der Waals surface area (Å²) in [5, 5.41) is 0. The quantitative estimate of drug-likeness (QED) is 0.365. The summed E-state index contributed by atoms with van der Waals surface area (Å²) in [6, 6.07) is 7.31. The van der Waals surface area contributed by atoms with E-state index in [-0.39, 0.29) is 24.6 Å². The van der Waals surface area contributed by atoms with Crippen LogP contribution in [0.5, 0.6) is 5.75 Å². The first-order chi connectivity index (χ1) is 15.4. The minimum atomic E-state index is -0.558. The van der Waals surface area contributed by atoms with Gasteiger partial charge in [-0.15, -0.1) is 11.3 Å². The highest BCUT2D eigenvalue weighted by Crippen LogP contribution is 2.13. The topological polar surface area (TPSA) is 87.1 Å². The van der Waals surface area contributed by atoms with Crippen LogP contribution in [0.1, 0.15) is 26.3 Å². The Kier molecular flexibility index (Phi) is 10.2. The maximum absolute atomic E-state index is 13.1. The zero-order valence-electron chi connectivity index (χ0n) is 19.0. The molecule has 32 heavy (non-hydrogen) atoms. The third-order valence-electron chi connectivity index (χ3n) is 4.59. The first-order valence-electron chi connectivity index (χ1n) is 10.5. The second-order valence-electron chi connectivity index (χ2n) is 6.72. The number of nitrogens with zero attached hydrogens (tertiary/aromatic N) is 2. The van der Waals surface area contributed by atoms with Gasteiger partial charge in [-0.25, -0.2) is 4.79 Å². The maximum Gasteiger partial charge on any atom is 0.333 e. The van der Waals surface area contributed by atoms with E-state index in [2.05, 4.69) is 0 Å². The van der Waals surface area contributed by atoms with Crippen LogP contribution in [-0.4, -0.2) is 61.4 Å². The number of hydrogen-bond acceptors (Lipinski definition) is 7. The van der Waals surface area contributed by atoms with E-state index in [9.17, 15) is 14.4 Å². The van der Waals surface area contributed by atoms with Crippen LogP contribution >= 0.6 is 11.3 Å². The van der Waals surface area contributed by atoms with Crippen molar-refractivity contribution in [1.82, 2.24) is 9.47 Å². The Balaban J connectivity index is 2.49. The van der Waals surface area contributed by atoms with Crippen LogP contribution in [0.3, 0.4) is 0 Å². The van der Waals surface area contributed by atoms with Crippen molar-refractivity contribution < 1.29 is 23.8 Å². The second kappa shape index (κ2) is 12.8. The van der Waals surface area contributed by atoms with E-state index in [4.69, 9.17) is 14.2 Å². The fourth-order valence-electron chi connectivity index (χ4n) is 2.98. The maximum atomic E-state index is 13.1. The molecule has 0 aliphatic rings. The van der Waals surface area contributed by atoms with Crippen molar-refractivity contribution in [2.75, 3.05) is 40.0 Å². The third kappa shape index (κ3) is 7.06. The number of carbonyl (C=O) groups excluding carboxylic acids is 2. The molecule has 1 amide bonds. The molecule has 0 radical (unpaired) electrons. The molecule has 0 aliphatic carbocycles. The average molecular weight is 463 g/mol. The van der Waals surface area contributed by atoms with E-state index >= 15 is 0 Å². The monoisotopic (exact) mass is 462 g/mol. The molecule has 0 spiro atoms. The van der Waals surface area contributed by atoms with Crippen molar-refractivity contribution >= 4 is 35.4 Å². The van der Waals surface area contributed by atoms with Crippen molar-refractivity contribution in [3.63, 3.8) is 0 Å². The number of carbonyl (C=O) groups is 2. The SMILES string of the molecule is CCOC(=O)/C=c1/s/c(=C/c2cccc(OCCOC)c2)c(=O)n1CC(=O)N(CC)CC. The van der Waals surface area contributed by atoms with Gasteiger partial charge >= 0.3 is 5.97 Å². The Bertz CT molecular complexity index is 1080. The van der Waals surface area contributed by atoms with Crippen molar-refractivity contribution in [2.45, 2.75) is 27.3 Å². The average Bonchev–Trinajstić information content (AvgIpc) is 3.04. The highest BCUT2D eigenvalue weighted by atomic mass is 32.1. The van der Waals surface area contributed by atoms with Crippen LogP contribution < -0.4 is 19.5 Å². The van der Waals surface area contributed by atoms with Crippen LogP contribution in [0.2, 0.25) is 0 Å². The highest BCUT2D eigenvalue weighted by molar-refractivity contribution is 7.07. The predicted molar refractivity (Wildman–Crippen MR) is 124 cm³/mol. The molecule has 9 heteroatoms. The minimum absolute atomic E-state index is 0.143. The molecule has 0 atom stereocenters. The van der Waals surface area contributed by atoms with Gasteiger partial charge in [0.15, 0.2) is 0 Å². The van der Waals surface area contributed by atoms with Gasteiger partial charge in [-0.3, -0.25) is 14.2 Å². The molecule has 0 aliphatic heterocycles. The smallest absolute Gasteiger partial charge is 0.333 e. The first-order valence-corrected chi connectivity index (χ1v) is 11.3. The van der Waals surface area contributed by atoms with Crippen molar-refractivity contribution in [3.05, 3.63) is 49.4 Å². The molecule has 1 heterocycles. The number of benzene rings is 1. The van der Waals surface area contributed by atoms with E-state index in [0.29, 0.717) is 41.2 Å². The summed E-state index contributed by atoms with van der Waals surface area (Å²) in [6.45, 7) is 7.51. The zero-order valence-corrected chi connectivity index (χ0v) is 19.8. The largest absolute Gasteiger partial charge is 0.491 e. The Morgan fingerprint density at radius 1 is 1.16 bits per heavy atom. The molecule has 8 nitrogen and oxygen atoms in total. The van der Waals surface area contributed by atoms with Crippen LogP contribution in [0.25, 0.3) is 12.2 Å². The van der Waals surface area contributed by atoms with Crippen LogP contribution in [0, 0.1) is 0 Å². The summed E-state index contributed by atoms with van der Waals surface area (Å²) in [4.78, 5) is 39.4. The number of rotatable bonds is 11. The molecular formula is C23H30N2O6S.